The Kier molecular flexibility index (Phi) is 5.45. The number of hydrogen-bond acceptors (Lipinski definition) is 2. The summed E-state index contributed by atoms with van der Waals surface area (Å²) in [6, 6.07) is 8.97. The predicted octanol–water partition coefficient (Wildman–Crippen LogP) is 6.24. The van der Waals surface area contributed by atoms with Gasteiger partial charge in [-0.2, -0.15) is 0 Å². The highest BCUT2D eigenvalue weighted by Crippen LogP contribution is 2.33. The molecule has 98 valence electrons. The average molecular weight is 278 g/mol. The SMILES string of the molecule is CCCC[C@@H](CC)Cc1ccc(-c2cccs2)s1. The van der Waals surface area contributed by atoms with Crippen molar-refractivity contribution in [3.8, 4) is 9.75 Å². The molecule has 2 heteroatoms. The first-order chi connectivity index (χ1) is 8.83. The van der Waals surface area contributed by atoms with Gasteiger partial charge in [0, 0.05) is 14.6 Å². The van der Waals surface area contributed by atoms with Crippen LogP contribution < -0.4 is 0 Å². The third-order valence-electron chi connectivity index (χ3n) is 3.46. The molecule has 0 bridgehead atoms. The summed E-state index contributed by atoms with van der Waals surface area (Å²) in [6.45, 7) is 4.61. The van der Waals surface area contributed by atoms with E-state index in [0.29, 0.717) is 0 Å². The lowest BCUT2D eigenvalue weighted by Gasteiger charge is -2.12. The Morgan fingerprint density at radius 1 is 1.11 bits per heavy atom. The fourth-order valence-electron chi connectivity index (χ4n) is 2.27. The molecular weight excluding hydrogens is 256 g/mol. The normalized spacial score (nSPS) is 12.8. The van der Waals surface area contributed by atoms with Gasteiger partial charge < -0.3 is 0 Å². The Hall–Kier alpha value is -0.600. The molecule has 0 saturated carbocycles. The van der Waals surface area contributed by atoms with Gasteiger partial charge >= 0.3 is 0 Å². The van der Waals surface area contributed by atoms with Crippen molar-refractivity contribution in [2.45, 2.75) is 46.0 Å². The van der Waals surface area contributed by atoms with E-state index in [1.54, 1.807) is 4.88 Å². The van der Waals surface area contributed by atoms with E-state index in [4.69, 9.17) is 0 Å². The first-order valence-electron chi connectivity index (χ1n) is 6.96. The maximum Gasteiger partial charge on any atom is 0.0445 e. The fraction of sp³-hybridized carbons (Fsp3) is 0.500. The largest absolute Gasteiger partial charge is 0.143 e. The molecule has 0 amide bonds. The zero-order valence-electron chi connectivity index (χ0n) is 11.3. The minimum atomic E-state index is 0.875. The molecule has 0 unspecified atom stereocenters. The maximum absolute atomic E-state index is 2.33. The van der Waals surface area contributed by atoms with E-state index in [0.717, 1.165) is 5.92 Å². The fourth-order valence-corrected chi connectivity index (χ4v) is 4.22. The summed E-state index contributed by atoms with van der Waals surface area (Å²) in [5.41, 5.74) is 0. The first kappa shape index (κ1) is 13.8. The molecule has 0 N–H and O–H groups in total. The van der Waals surface area contributed by atoms with Crippen LogP contribution in [0.2, 0.25) is 0 Å². The van der Waals surface area contributed by atoms with Crippen LogP contribution in [0.3, 0.4) is 0 Å². The molecule has 0 nitrogen and oxygen atoms in total. The van der Waals surface area contributed by atoms with Gasteiger partial charge in [-0.05, 0) is 35.9 Å². The second-order valence-electron chi connectivity index (χ2n) is 4.86. The van der Waals surface area contributed by atoms with E-state index in [9.17, 15) is 0 Å². The highest BCUT2D eigenvalue weighted by atomic mass is 32.1. The molecule has 0 radical (unpaired) electrons. The average Bonchev–Trinajstić information content (AvgIpc) is 3.04. The van der Waals surface area contributed by atoms with Gasteiger partial charge in [0.05, 0.1) is 0 Å². The molecule has 0 aliphatic heterocycles. The molecule has 2 heterocycles. The second kappa shape index (κ2) is 7.10. The van der Waals surface area contributed by atoms with E-state index in [-0.39, 0.29) is 0 Å². The summed E-state index contributed by atoms with van der Waals surface area (Å²) < 4.78 is 0. The Bertz CT molecular complexity index is 439. The summed E-state index contributed by atoms with van der Waals surface area (Å²) in [5, 5.41) is 2.16. The Morgan fingerprint density at radius 2 is 2.00 bits per heavy atom. The van der Waals surface area contributed by atoms with E-state index in [1.807, 2.05) is 22.7 Å². The van der Waals surface area contributed by atoms with E-state index in [1.165, 1.54) is 41.9 Å². The van der Waals surface area contributed by atoms with Gasteiger partial charge in [-0.25, -0.2) is 0 Å². The predicted molar refractivity (Wildman–Crippen MR) is 84.6 cm³/mol. The van der Waals surface area contributed by atoms with Crippen LogP contribution in [-0.4, -0.2) is 0 Å². The van der Waals surface area contributed by atoms with Gasteiger partial charge in [0.1, 0.15) is 0 Å². The van der Waals surface area contributed by atoms with Crippen molar-refractivity contribution >= 4 is 22.7 Å². The van der Waals surface area contributed by atoms with Gasteiger partial charge in [0.2, 0.25) is 0 Å². The summed E-state index contributed by atoms with van der Waals surface area (Å²) in [6.07, 6.45) is 6.67. The molecule has 0 aliphatic rings. The quantitative estimate of drug-likeness (QED) is 0.562. The van der Waals surface area contributed by atoms with Crippen LogP contribution in [0.15, 0.2) is 29.6 Å². The van der Waals surface area contributed by atoms with Gasteiger partial charge in [-0.15, -0.1) is 22.7 Å². The molecule has 2 aromatic rings. The molecule has 0 fully saturated rings. The summed E-state index contributed by atoms with van der Waals surface area (Å²) in [4.78, 5) is 4.40. The highest BCUT2D eigenvalue weighted by Gasteiger charge is 2.10. The van der Waals surface area contributed by atoms with Gasteiger partial charge in [-0.3, -0.25) is 0 Å². The summed E-state index contributed by atoms with van der Waals surface area (Å²) >= 11 is 3.82. The van der Waals surface area contributed by atoms with Crippen LogP contribution in [0.4, 0.5) is 0 Å². The molecule has 0 spiro atoms. The van der Waals surface area contributed by atoms with Gasteiger partial charge in [0.25, 0.3) is 0 Å². The summed E-state index contributed by atoms with van der Waals surface area (Å²) in [7, 11) is 0. The Labute approximate surface area is 119 Å². The number of thiophene rings is 2. The molecule has 0 saturated heterocycles. The second-order valence-corrected chi connectivity index (χ2v) is 6.98. The van der Waals surface area contributed by atoms with Crippen molar-refractivity contribution in [3.05, 3.63) is 34.5 Å². The van der Waals surface area contributed by atoms with E-state index < -0.39 is 0 Å². The first-order valence-corrected chi connectivity index (χ1v) is 8.65. The number of unbranched alkanes of at least 4 members (excludes halogenated alkanes) is 1. The van der Waals surface area contributed by atoms with E-state index in [2.05, 4.69) is 43.5 Å². The molecule has 2 rings (SSSR count). The van der Waals surface area contributed by atoms with Gasteiger partial charge in [-0.1, -0.05) is 45.6 Å². The van der Waals surface area contributed by atoms with Crippen LogP contribution in [-0.2, 0) is 6.42 Å². The molecule has 0 aromatic carbocycles. The Balaban J connectivity index is 1.97. The van der Waals surface area contributed by atoms with Crippen molar-refractivity contribution in [3.63, 3.8) is 0 Å². The van der Waals surface area contributed by atoms with Crippen molar-refractivity contribution in [2.75, 3.05) is 0 Å². The topological polar surface area (TPSA) is 0 Å². The molecule has 18 heavy (non-hydrogen) atoms. The lowest BCUT2D eigenvalue weighted by molar-refractivity contribution is 0.452. The lowest BCUT2D eigenvalue weighted by atomic mass is 9.95. The standard InChI is InChI=1S/C16H22S2/c1-3-5-7-13(4-2)12-14-9-10-16(18-14)15-8-6-11-17-15/h6,8-11,13H,3-5,7,12H2,1-2H3/t13-/m1/s1. The van der Waals surface area contributed by atoms with Crippen LogP contribution >= 0.6 is 22.7 Å². The zero-order chi connectivity index (χ0) is 12.8. The van der Waals surface area contributed by atoms with Crippen molar-refractivity contribution in [1.82, 2.24) is 0 Å². The Morgan fingerprint density at radius 3 is 2.67 bits per heavy atom. The number of hydrogen-bond donors (Lipinski definition) is 0. The van der Waals surface area contributed by atoms with Crippen LogP contribution in [0.5, 0.6) is 0 Å². The van der Waals surface area contributed by atoms with Crippen LogP contribution in [0, 0.1) is 5.92 Å². The minimum absolute atomic E-state index is 0.875. The number of rotatable bonds is 7. The maximum atomic E-state index is 2.33. The van der Waals surface area contributed by atoms with Gasteiger partial charge in [0.15, 0.2) is 0 Å². The third-order valence-corrected chi connectivity index (χ3v) is 5.63. The monoisotopic (exact) mass is 278 g/mol. The minimum Gasteiger partial charge on any atom is -0.143 e. The van der Waals surface area contributed by atoms with Crippen molar-refractivity contribution in [1.29, 1.82) is 0 Å². The third kappa shape index (κ3) is 3.69. The van der Waals surface area contributed by atoms with Crippen molar-refractivity contribution in [2.24, 2.45) is 5.92 Å². The molecule has 0 aliphatic carbocycles. The summed E-state index contributed by atoms with van der Waals surface area (Å²) in [5.74, 6) is 0.875. The smallest absolute Gasteiger partial charge is 0.0445 e. The molecule has 2 aromatic heterocycles. The molecule has 1 atom stereocenters. The molecular formula is C16H22S2. The van der Waals surface area contributed by atoms with Crippen LogP contribution in [0.25, 0.3) is 9.75 Å². The van der Waals surface area contributed by atoms with E-state index >= 15 is 0 Å². The zero-order valence-corrected chi connectivity index (χ0v) is 12.9. The highest BCUT2D eigenvalue weighted by molar-refractivity contribution is 7.21. The van der Waals surface area contributed by atoms with Crippen LogP contribution in [0.1, 0.15) is 44.4 Å². The lowest BCUT2D eigenvalue weighted by Crippen LogP contribution is -2.01. The van der Waals surface area contributed by atoms with Crippen molar-refractivity contribution < 1.29 is 0 Å².